The predicted octanol–water partition coefficient (Wildman–Crippen LogP) is 6.07. The summed E-state index contributed by atoms with van der Waals surface area (Å²) in [5, 5.41) is 1.33. The fourth-order valence-electron chi connectivity index (χ4n) is 4.30. The van der Waals surface area contributed by atoms with Crippen molar-refractivity contribution >= 4 is 64.2 Å². The zero-order chi connectivity index (χ0) is 24.5. The lowest BCUT2D eigenvalue weighted by Crippen LogP contribution is -2.48. The van der Waals surface area contributed by atoms with E-state index in [0.717, 1.165) is 34.9 Å². The van der Waals surface area contributed by atoms with Crippen LogP contribution in [-0.4, -0.2) is 49.9 Å². The minimum absolute atomic E-state index is 0.0235. The van der Waals surface area contributed by atoms with Crippen molar-refractivity contribution in [2.45, 2.75) is 4.90 Å². The monoisotopic (exact) mass is 523 g/mol. The molecule has 3 aromatic carbocycles. The first-order chi connectivity index (χ1) is 16.9. The lowest BCUT2D eigenvalue weighted by atomic mass is 10.1. The highest BCUT2D eigenvalue weighted by Gasteiger charge is 2.29. The molecule has 0 radical (unpaired) electrons. The zero-order valence-electron chi connectivity index (χ0n) is 19.1. The standard InChI is InChI=1S/C27H23Cl2N3O2S/c1-30-23-16-19(26(33)32-12-10-31(11-13-32)22-7-3-6-21(29)17-22)8-9-24(23)35-25(27(30)34)15-18-4-2-5-20(28)14-18/h2-9,14-17H,10-13H2,1H3/b25-15-. The van der Waals surface area contributed by atoms with Crippen molar-refractivity contribution in [3.63, 3.8) is 0 Å². The lowest BCUT2D eigenvalue weighted by molar-refractivity contribution is -0.114. The number of carbonyl (C=O) groups excluding carboxylic acids is 2. The molecule has 0 aromatic heterocycles. The molecule has 5 nitrogen and oxygen atoms in total. The molecule has 0 spiro atoms. The normalized spacial score (nSPS) is 17.1. The minimum Gasteiger partial charge on any atom is -0.368 e. The van der Waals surface area contributed by atoms with E-state index in [4.69, 9.17) is 23.2 Å². The second-order valence-corrected chi connectivity index (χ2v) is 10.4. The Labute approximate surface area is 218 Å². The number of hydrogen-bond donors (Lipinski definition) is 0. The average Bonchev–Trinajstić information content (AvgIpc) is 2.87. The van der Waals surface area contributed by atoms with Gasteiger partial charge in [0.1, 0.15) is 0 Å². The molecular weight excluding hydrogens is 501 g/mol. The van der Waals surface area contributed by atoms with Crippen LogP contribution in [0.4, 0.5) is 11.4 Å². The van der Waals surface area contributed by atoms with Crippen molar-refractivity contribution < 1.29 is 9.59 Å². The van der Waals surface area contributed by atoms with Gasteiger partial charge < -0.3 is 14.7 Å². The van der Waals surface area contributed by atoms with E-state index in [1.54, 1.807) is 18.0 Å². The Morgan fingerprint density at radius 1 is 0.914 bits per heavy atom. The number of likely N-dealkylation sites (N-methyl/N-ethyl adjacent to an activating group) is 1. The molecule has 0 atom stereocenters. The summed E-state index contributed by atoms with van der Waals surface area (Å²) in [4.78, 5) is 33.6. The number of hydrogen-bond acceptors (Lipinski definition) is 4. The molecule has 35 heavy (non-hydrogen) atoms. The number of amides is 2. The summed E-state index contributed by atoms with van der Waals surface area (Å²) in [6.07, 6.45) is 1.84. The highest BCUT2D eigenvalue weighted by molar-refractivity contribution is 8.04. The molecule has 0 bridgehead atoms. The fraction of sp³-hybridized carbons (Fsp3) is 0.185. The van der Waals surface area contributed by atoms with Crippen LogP contribution in [0.15, 0.2) is 76.5 Å². The van der Waals surface area contributed by atoms with E-state index in [-0.39, 0.29) is 11.8 Å². The van der Waals surface area contributed by atoms with E-state index in [2.05, 4.69) is 4.90 Å². The van der Waals surface area contributed by atoms with Crippen molar-refractivity contribution in [1.82, 2.24) is 4.90 Å². The summed E-state index contributed by atoms with van der Waals surface area (Å²) in [5.41, 5.74) is 3.26. The number of anilines is 2. The summed E-state index contributed by atoms with van der Waals surface area (Å²) in [7, 11) is 1.74. The van der Waals surface area contributed by atoms with Gasteiger partial charge >= 0.3 is 0 Å². The zero-order valence-corrected chi connectivity index (χ0v) is 21.4. The molecule has 2 amide bonds. The lowest BCUT2D eigenvalue weighted by Gasteiger charge is -2.36. The average molecular weight is 524 g/mol. The molecule has 0 aliphatic carbocycles. The van der Waals surface area contributed by atoms with E-state index < -0.39 is 0 Å². The highest BCUT2D eigenvalue weighted by atomic mass is 35.5. The van der Waals surface area contributed by atoms with Crippen LogP contribution in [0, 0.1) is 0 Å². The maximum atomic E-state index is 13.3. The molecule has 0 N–H and O–H groups in total. The summed E-state index contributed by atoms with van der Waals surface area (Å²) in [5.74, 6) is -0.133. The Kier molecular flexibility index (Phi) is 6.78. The topological polar surface area (TPSA) is 43.9 Å². The van der Waals surface area contributed by atoms with Gasteiger partial charge in [0.15, 0.2) is 0 Å². The van der Waals surface area contributed by atoms with Gasteiger partial charge in [-0.1, -0.05) is 53.2 Å². The van der Waals surface area contributed by atoms with Gasteiger partial charge in [-0.15, -0.1) is 0 Å². The molecule has 1 fully saturated rings. The molecule has 2 aliphatic heterocycles. The molecule has 178 valence electrons. The van der Waals surface area contributed by atoms with Gasteiger partial charge in [-0.3, -0.25) is 9.59 Å². The smallest absolute Gasteiger partial charge is 0.264 e. The van der Waals surface area contributed by atoms with Gasteiger partial charge in [0.25, 0.3) is 11.8 Å². The first kappa shape index (κ1) is 23.8. The summed E-state index contributed by atoms with van der Waals surface area (Å²) < 4.78 is 0. The van der Waals surface area contributed by atoms with E-state index in [9.17, 15) is 9.59 Å². The SMILES string of the molecule is CN1C(=O)/C(=C/c2cccc(Cl)c2)Sc2ccc(C(=O)N3CCN(c4cccc(Cl)c4)CC3)cc21. The molecule has 0 unspecified atom stereocenters. The van der Waals surface area contributed by atoms with Crippen LogP contribution in [0.3, 0.4) is 0 Å². The third-order valence-electron chi connectivity index (χ3n) is 6.19. The van der Waals surface area contributed by atoms with E-state index >= 15 is 0 Å². The van der Waals surface area contributed by atoms with Gasteiger partial charge in [-0.25, -0.2) is 0 Å². The summed E-state index contributed by atoms with van der Waals surface area (Å²) >= 11 is 13.6. The van der Waals surface area contributed by atoms with Crippen LogP contribution in [0.25, 0.3) is 6.08 Å². The van der Waals surface area contributed by atoms with Crippen LogP contribution >= 0.6 is 35.0 Å². The number of benzene rings is 3. The molecular formula is C27H23Cl2N3O2S. The fourth-order valence-corrected chi connectivity index (χ4v) is 5.77. The van der Waals surface area contributed by atoms with Gasteiger partial charge in [0.05, 0.1) is 10.6 Å². The first-order valence-corrected chi connectivity index (χ1v) is 12.8. The second-order valence-electron chi connectivity index (χ2n) is 8.47. The number of halogens is 2. The maximum Gasteiger partial charge on any atom is 0.264 e. The summed E-state index contributed by atoms with van der Waals surface area (Å²) in [6.45, 7) is 2.72. The van der Waals surface area contributed by atoms with E-state index in [1.807, 2.05) is 71.6 Å². The third kappa shape index (κ3) is 5.06. The Morgan fingerprint density at radius 2 is 1.63 bits per heavy atom. The van der Waals surface area contributed by atoms with Gasteiger partial charge in [0, 0.05) is 59.4 Å². The van der Waals surface area contributed by atoms with Gasteiger partial charge in [-0.05, 0) is 60.2 Å². The molecule has 5 rings (SSSR count). The highest BCUT2D eigenvalue weighted by Crippen LogP contribution is 2.42. The molecule has 1 saturated heterocycles. The van der Waals surface area contributed by atoms with E-state index in [1.165, 1.54) is 11.8 Å². The number of nitrogens with zero attached hydrogens (tertiary/aromatic N) is 3. The van der Waals surface area contributed by atoms with Crippen LogP contribution in [0.2, 0.25) is 10.0 Å². The predicted molar refractivity (Wildman–Crippen MR) is 145 cm³/mol. The van der Waals surface area contributed by atoms with Crippen molar-refractivity contribution in [3.8, 4) is 0 Å². The molecule has 2 heterocycles. The van der Waals surface area contributed by atoms with Crippen molar-refractivity contribution in [3.05, 3.63) is 92.8 Å². The second kappa shape index (κ2) is 9.97. The number of rotatable bonds is 3. The Bertz CT molecular complexity index is 1340. The third-order valence-corrected chi connectivity index (χ3v) is 7.74. The largest absolute Gasteiger partial charge is 0.368 e. The number of fused-ring (bicyclic) bond motifs is 1. The Balaban J connectivity index is 1.31. The van der Waals surface area contributed by atoms with Crippen molar-refractivity contribution in [1.29, 1.82) is 0 Å². The number of carbonyl (C=O) groups is 2. The van der Waals surface area contributed by atoms with Crippen LogP contribution in [-0.2, 0) is 4.79 Å². The van der Waals surface area contributed by atoms with Crippen LogP contribution in [0.1, 0.15) is 15.9 Å². The Hall–Kier alpha value is -2.93. The number of thioether (sulfide) groups is 1. The van der Waals surface area contributed by atoms with Crippen molar-refractivity contribution in [2.24, 2.45) is 0 Å². The summed E-state index contributed by atoms with van der Waals surface area (Å²) in [6, 6.07) is 20.8. The Morgan fingerprint density at radius 3 is 2.34 bits per heavy atom. The molecule has 2 aliphatic rings. The first-order valence-electron chi connectivity index (χ1n) is 11.3. The maximum absolute atomic E-state index is 13.3. The van der Waals surface area contributed by atoms with Gasteiger partial charge in [-0.2, -0.15) is 0 Å². The molecule has 0 saturated carbocycles. The van der Waals surface area contributed by atoms with Crippen LogP contribution in [0.5, 0.6) is 0 Å². The van der Waals surface area contributed by atoms with E-state index in [0.29, 0.717) is 33.6 Å². The van der Waals surface area contributed by atoms with Crippen molar-refractivity contribution in [2.75, 3.05) is 43.0 Å². The number of piperazine rings is 1. The van der Waals surface area contributed by atoms with Crippen LogP contribution < -0.4 is 9.80 Å². The molecule has 8 heteroatoms. The molecule has 3 aromatic rings. The quantitative estimate of drug-likeness (QED) is 0.391. The van der Waals surface area contributed by atoms with Gasteiger partial charge in [0.2, 0.25) is 0 Å². The minimum atomic E-state index is -0.109.